The van der Waals surface area contributed by atoms with Gasteiger partial charge in [0.1, 0.15) is 6.61 Å². The van der Waals surface area contributed by atoms with Crippen molar-refractivity contribution >= 4 is 28.1 Å². The SMILES string of the molecule is COc1cc(Br)cc(/C=N\NC(=O)[C@H]2COc3ccccc3O2)c1O. The Hall–Kier alpha value is -2.74. The number of phenolic OH excluding ortho intramolecular Hbond substituents is 1. The van der Waals surface area contributed by atoms with Gasteiger partial charge in [0.2, 0.25) is 6.10 Å². The van der Waals surface area contributed by atoms with Gasteiger partial charge < -0.3 is 19.3 Å². The van der Waals surface area contributed by atoms with Gasteiger partial charge in [-0.2, -0.15) is 5.10 Å². The summed E-state index contributed by atoms with van der Waals surface area (Å²) in [7, 11) is 1.45. The molecule has 1 aliphatic heterocycles. The first-order valence-electron chi connectivity index (χ1n) is 7.36. The second-order valence-electron chi connectivity index (χ2n) is 5.14. The maximum Gasteiger partial charge on any atom is 0.284 e. The van der Waals surface area contributed by atoms with Crippen LogP contribution in [0.3, 0.4) is 0 Å². The summed E-state index contributed by atoms with van der Waals surface area (Å²) in [5.41, 5.74) is 2.76. The van der Waals surface area contributed by atoms with Crippen molar-refractivity contribution in [3.63, 3.8) is 0 Å². The highest BCUT2D eigenvalue weighted by molar-refractivity contribution is 9.10. The fourth-order valence-corrected chi connectivity index (χ4v) is 2.69. The van der Waals surface area contributed by atoms with Gasteiger partial charge in [0, 0.05) is 10.0 Å². The Bertz CT molecular complexity index is 825. The van der Waals surface area contributed by atoms with Crippen LogP contribution in [-0.4, -0.2) is 37.0 Å². The van der Waals surface area contributed by atoms with Gasteiger partial charge in [-0.1, -0.05) is 28.1 Å². The van der Waals surface area contributed by atoms with E-state index in [-0.39, 0.29) is 12.4 Å². The molecule has 0 fully saturated rings. The van der Waals surface area contributed by atoms with E-state index in [0.717, 1.165) is 0 Å². The van der Waals surface area contributed by atoms with Crippen molar-refractivity contribution in [3.05, 3.63) is 46.4 Å². The van der Waals surface area contributed by atoms with Gasteiger partial charge in [0.15, 0.2) is 23.0 Å². The van der Waals surface area contributed by atoms with Crippen LogP contribution in [0.1, 0.15) is 5.56 Å². The number of para-hydroxylation sites is 2. The molecule has 0 radical (unpaired) electrons. The summed E-state index contributed by atoms with van der Waals surface area (Å²) in [6.45, 7) is 0.0916. The predicted molar refractivity (Wildman–Crippen MR) is 94.4 cm³/mol. The fourth-order valence-electron chi connectivity index (χ4n) is 2.23. The van der Waals surface area contributed by atoms with Crippen LogP contribution in [0.25, 0.3) is 0 Å². The third-order valence-corrected chi connectivity index (χ3v) is 3.93. The van der Waals surface area contributed by atoms with Crippen molar-refractivity contribution in [3.8, 4) is 23.0 Å². The van der Waals surface area contributed by atoms with Gasteiger partial charge in [-0.05, 0) is 24.3 Å². The molecule has 7 nitrogen and oxygen atoms in total. The summed E-state index contributed by atoms with van der Waals surface area (Å²) in [6.07, 6.45) is 0.510. The van der Waals surface area contributed by atoms with Crippen LogP contribution in [0.15, 0.2) is 46.0 Å². The van der Waals surface area contributed by atoms with Crippen molar-refractivity contribution < 1.29 is 24.1 Å². The number of hydrogen-bond acceptors (Lipinski definition) is 6. The minimum atomic E-state index is -0.808. The monoisotopic (exact) mass is 406 g/mol. The smallest absolute Gasteiger partial charge is 0.284 e. The Kier molecular flexibility index (Phi) is 5.08. The zero-order valence-corrected chi connectivity index (χ0v) is 14.8. The number of carbonyl (C=O) groups is 1. The number of hydrogen-bond donors (Lipinski definition) is 2. The number of nitrogens with one attached hydrogen (secondary N) is 1. The van der Waals surface area contributed by atoms with E-state index < -0.39 is 12.0 Å². The highest BCUT2D eigenvalue weighted by Crippen LogP contribution is 2.33. The quantitative estimate of drug-likeness (QED) is 0.601. The van der Waals surface area contributed by atoms with E-state index >= 15 is 0 Å². The Morgan fingerprint density at radius 1 is 1.40 bits per heavy atom. The average Bonchev–Trinajstić information content (AvgIpc) is 2.63. The molecule has 2 N–H and O–H groups in total. The number of methoxy groups -OCH3 is 1. The number of fused-ring (bicyclic) bond motifs is 1. The zero-order chi connectivity index (χ0) is 17.8. The molecule has 0 spiro atoms. The minimum absolute atomic E-state index is 0.0742. The Morgan fingerprint density at radius 3 is 2.92 bits per heavy atom. The number of carbonyl (C=O) groups excluding carboxylic acids is 1. The molecule has 1 aliphatic rings. The number of ether oxygens (including phenoxy) is 3. The maximum atomic E-state index is 12.1. The van der Waals surface area contributed by atoms with Crippen molar-refractivity contribution in [2.45, 2.75) is 6.10 Å². The third-order valence-electron chi connectivity index (χ3n) is 3.47. The van der Waals surface area contributed by atoms with Gasteiger partial charge in [-0.15, -0.1) is 0 Å². The molecule has 0 aromatic heterocycles. The molecule has 2 aromatic carbocycles. The normalized spacial score (nSPS) is 15.8. The van der Waals surface area contributed by atoms with Crippen LogP contribution in [0.4, 0.5) is 0 Å². The lowest BCUT2D eigenvalue weighted by Crippen LogP contribution is -2.42. The second-order valence-corrected chi connectivity index (χ2v) is 6.06. The molecular formula is C17H15BrN2O5. The predicted octanol–water partition coefficient (Wildman–Crippen LogP) is 2.45. The highest BCUT2D eigenvalue weighted by Gasteiger charge is 2.27. The molecule has 130 valence electrons. The van der Waals surface area contributed by atoms with Crippen molar-refractivity contribution in [1.29, 1.82) is 0 Å². The number of nitrogens with zero attached hydrogens (tertiary/aromatic N) is 1. The Labute approximate surface area is 152 Å². The van der Waals surface area contributed by atoms with Crippen molar-refractivity contribution in [2.75, 3.05) is 13.7 Å². The molecule has 1 amide bonds. The van der Waals surface area contributed by atoms with Gasteiger partial charge in [0.05, 0.1) is 13.3 Å². The van der Waals surface area contributed by atoms with E-state index in [4.69, 9.17) is 14.2 Å². The van der Waals surface area contributed by atoms with Crippen LogP contribution in [0, 0.1) is 0 Å². The lowest BCUT2D eigenvalue weighted by Gasteiger charge is -2.24. The fraction of sp³-hybridized carbons (Fsp3) is 0.176. The van der Waals surface area contributed by atoms with Crippen LogP contribution in [0.2, 0.25) is 0 Å². The van der Waals surface area contributed by atoms with E-state index in [0.29, 0.717) is 27.3 Å². The van der Waals surface area contributed by atoms with Crippen molar-refractivity contribution in [1.82, 2.24) is 5.43 Å². The van der Waals surface area contributed by atoms with Crippen LogP contribution in [0.5, 0.6) is 23.0 Å². The molecule has 0 saturated heterocycles. The first-order chi connectivity index (χ1) is 12.1. The summed E-state index contributed by atoms with van der Waals surface area (Å²) in [4.78, 5) is 12.1. The van der Waals surface area contributed by atoms with Gasteiger partial charge in [-0.25, -0.2) is 5.43 Å². The second kappa shape index (κ2) is 7.43. The Balaban J connectivity index is 1.65. The number of halogens is 1. The number of benzene rings is 2. The number of hydrazone groups is 1. The van der Waals surface area contributed by atoms with Gasteiger partial charge in [0.25, 0.3) is 5.91 Å². The Morgan fingerprint density at radius 2 is 2.16 bits per heavy atom. The first-order valence-corrected chi connectivity index (χ1v) is 8.15. The molecule has 0 bridgehead atoms. The number of amides is 1. The molecule has 1 heterocycles. The van der Waals surface area contributed by atoms with Crippen LogP contribution >= 0.6 is 15.9 Å². The lowest BCUT2D eigenvalue weighted by atomic mass is 10.2. The number of phenols is 1. The molecule has 8 heteroatoms. The first kappa shape index (κ1) is 17.1. The summed E-state index contributed by atoms with van der Waals surface area (Å²) in [5.74, 6) is 0.873. The van der Waals surface area contributed by atoms with E-state index in [1.165, 1.54) is 13.3 Å². The number of rotatable bonds is 4. The molecule has 0 saturated carbocycles. The molecule has 0 unspecified atom stereocenters. The van der Waals surface area contributed by atoms with E-state index in [1.807, 2.05) is 6.07 Å². The molecular weight excluding hydrogens is 392 g/mol. The third kappa shape index (κ3) is 3.85. The minimum Gasteiger partial charge on any atom is -0.504 e. The zero-order valence-electron chi connectivity index (χ0n) is 13.2. The standard InChI is InChI=1S/C17H15BrN2O5/c1-23-14-7-11(18)6-10(16(14)21)8-19-20-17(22)15-9-24-12-4-2-3-5-13(12)25-15/h2-8,15,21H,9H2,1H3,(H,20,22)/b19-8-/t15-/m1/s1. The topological polar surface area (TPSA) is 89.4 Å². The average molecular weight is 407 g/mol. The summed E-state index contributed by atoms with van der Waals surface area (Å²) < 4.78 is 16.8. The molecule has 25 heavy (non-hydrogen) atoms. The molecule has 1 atom stereocenters. The van der Waals surface area contributed by atoms with Crippen LogP contribution < -0.4 is 19.6 Å². The highest BCUT2D eigenvalue weighted by atomic mass is 79.9. The van der Waals surface area contributed by atoms with E-state index in [2.05, 4.69) is 26.5 Å². The van der Waals surface area contributed by atoms with E-state index in [1.54, 1.807) is 30.3 Å². The molecule has 2 aromatic rings. The van der Waals surface area contributed by atoms with Crippen molar-refractivity contribution in [2.24, 2.45) is 5.10 Å². The van der Waals surface area contributed by atoms with E-state index in [9.17, 15) is 9.90 Å². The summed E-state index contributed by atoms with van der Waals surface area (Å²) >= 11 is 3.31. The van der Waals surface area contributed by atoms with Gasteiger partial charge >= 0.3 is 0 Å². The summed E-state index contributed by atoms with van der Waals surface area (Å²) in [6, 6.07) is 10.4. The summed E-state index contributed by atoms with van der Waals surface area (Å²) in [5, 5.41) is 13.9. The molecule has 0 aliphatic carbocycles. The number of aromatic hydroxyl groups is 1. The van der Waals surface area contributed by atoms with Crippen LogP contribution in [-0.2, 0) is 4.79 Å². The van der Waals surface area contributed by atoms with Gasteiger partial charge in [-0.3, -0.25) is 4.79 Å². The molecule has 3 rings (SSSR count). The largest absolute Gasteiger partial charge is 0.504 e. The maximum absolute atomic E-state index is 12.1. The lowest BCUT2D eigenvalue weighted by molar-refractivity contribution is -0.130.